The first-order chi connectivity index (χ1) is 17.0. The predicted octanol–water partition coefficient (Wildman–Crippen LogP) is 3.43. The van der Waals surface area contributed by atoms with E-state index in [2.05, 4.69) is 5.32 Å². The Kier molecular flexibility index (Phi) is 8.60. The standard InChI is InChI=1S/C28H38N2O5/c31-19-24-16-21-10-6-7-12-23(21)18-30(24)25(32)17-22-11-4-2-1-3-5-13-26(33)35-20-28(29-27(22)34)14-8-9-15-28/h2,4,6-7,10,12,22,24,31H,1,3,5,8-9,11,13-20H2,(H,29,34)/t22-,24+/m1/s1. The molecule has 7 nitrogen and oxygen atoms in total. The Morgan fingerprint density at radius 3 is 2.63 bits per heavy atom. The van der Waals surface area contributed by atoms with Crippen LogP contribution in [0.5, 0.6) is 0 Å². The number of nitrogens with zero attached hydrogens (tertiary/aromatic N) is 1. The van der Waals surface area contributed by atoms with Gasteiger partial charge in [-0.25, -0.2) is 0 Å². The molecular weight excluding hydrogens is 444 g/mol. The number of cyclic esters (lactones) is 1. The van der Waals surface area contributed by atoms with Crippen molar-refractivity contribution < 1.29 is 24.2 Å². The van der Waals surface area contributed by atoms with E-state index in [4.69, 9.17) is 4.74 Å². The lowest BCUT2D eigenvalue weighted by molar-refractivity contribution is -0.147. The first-order valence-corrected chi connectivity index (χ1v) is 13.1. The Balaban J connectivity index is 1.50. The van der Waals surface area contributed by atoms with Gasteiger partial charge in [0.05, 0.1) is 24.1 Å². The molecule has 1 saturated carbocycles. The van der Waals surface area contributed by atoms with Crippen molar-refractivity contribution in [2.75, 3.05) is 13.2 Å². The maximum Gasteiger partial charge on any atom is 0.305 e. The molecule has 1 aromatic carbocycles. The van der Waals surface area contributed by atoms with Crippen LogP contribution < -0.4 is 5.32 Å². The number of rotatable bonds is 3. The molecular formula is C28H38N2O5. The molecule has 1 aromatic rings. The zero-order valence-corrected chi connectivity index (χ0v) is 20.5. The van der Waals surface area contributed by atoms with Gasteiger partial charge in [0.2, 0.25) is 11.8 Å². The molecule has 2 amide bonds. The van der Waals surface area contributed by atoms with E-state index in [0.29, 0.717) is 25.8 Å². The molecule has 1 spiro atoms. The van der Waals surface area contributed by atoms with Gasteiger partial charge in [-0.1, -0.05) is 49.3 Å². The van der Waals surface area contributed by atoms with E-state index in [1.165, 1.54) is 0 Å². The Hall–Kier alpha value is -2.67. The summed E-state index contributed by atoms with van der Waals surface area (Å²) in [5.41, 5.74) is 1.71. The summed E-state index contributed by atoms with van der Waals surface area (Å²) < 4.78 is 5.57. The fourth-order valence-corrected chi connectivity index (χ4v) is 5.57. The first-order valence-electron chi connectivity index (χ1n) is 13.1. The molecule has 2 atom stereocenters. The fraction of sp³-hybridized carbons (Fsp3) is 0.607. The highest BCUT2D eigenvalue weighted by Crippen LogP contribution is 2.32. The largest absolute Gasteiger partial charge is 0.463 e. The maximum atomic E-state index is 13.5. The number of benzene rings is 1. The lowest BCUT2D eigenvalue weighted by Gasteiger charge is -2.37. The van der Waals surface area contributed by atoms with E-state index in [9.17, 15) is 19.5 Å². The Bertz CT molecular complexity index is 937. The average molecular weight is 483 g/mol. The number of esters is 1. The van der Waals surface area contributed by atoms with Crippen LogP contribution in [-0.2, 0) is 32.1 Å². The summed E-state index contributed by atoms with van der Waals surface area (Å²) in [4.78, 5) is 40.9. The first kappa shape index (κ1) is 25.4. The number of hydrogen-bond acceptors (Lipinski definition) is 5. The van der Waals surface area contributed by atoms with E-state index in [1.54, 1.807) is 4.90 Å². The summed E-state index contributed by atoms with van der Waals surface area (Å²) in [7, 11) is 0. The molecule has 1 aliphatic carbocycles. The summed E-state index contributed by atoms with van der Waals surface area (Å²) in [5.74, 6) is -0.985. The second-order valence-corrected chi connectivity index (χ2v) is 10.3. The summed E-state index contributed by atoms with van der Waals surface area (Å²) in [5, 5.41) is 13.2. The highest BCUT2D eigenvalue weighted by atomic mass is 16.5. The summed E-state index contributed by atoms with van der Waals surface area (Å²) in [6.45, 7) is 0.541. The lowest BCUT2D eigenvalue weighted by Crippen LogP contribution is -2.53. The molecule has 4 rings (SSSR count). The molecule has 0 radical (unpaired) electrons. The Labute approximate surface area is 207 Å². The number of carbonyl (C=O) groups is 3. The van der Waals surface area contributed by atoms with E-state index in [0.717, 1.165) is 56.1 Å². The van der Waals surface area contributed by atoms with E-state index in [1.807, 2.05) is 36.4 Å². The Morgan fingerprint density at radius 1 is 1.09 bits per heavy atom. The minimum Gasteiger partial charge on any atom is -0.463 e. The quantitative estimate of drug-likeness (QED) is 0.508. The molecule has 0 bridgehead atoms. The van der Waals surface area contributed by atoms with Gasteiger partial charge in [-0.2, -0.15) is 0 Å². The van der Waals surface area contributed by atoms with Crippen LogP contribution >= 0.6 is 0 Å². The van der Waals surface area contributed by atoms with Gasteiger partial charge in [-0.3, -0.25) is 14.4 Å². The van der Waals surface area contributed by atoms with E-state index < -0.39 is 11.5 Å². The summed E-state index contributed by atoms with van der Waals surface area (Å²) in [6, 6.07) is 7.72. The molecule has 2 aliphatic heterocycles. The van der Waals surface area contributed by atoms with Gasteiger partial charge in [0, 0.05) is 19.4 Å². The minimum atomic E-state index is -0.542. The van der Waals surface area contributed by atoms with Gasteiger partial charge in [-0.05, 0) is 56.1 Å². The van der Waals surface area contributed by atoms with Gasteiger partial charge in [-0.15, -0.1) is 0 Å². The lowest BCUT2D eigenvalue weighted by atomic mass is 9.91. The number of nitrogens with one attached hydrogen (secondary N) is 1. The third-order valence-corrected chi connectivity index (χ3v) is 7.73. The van der Waals surface area contributed by atoms with Gasteiger partial charge < -0.3 is 20.1 Å². The summed E-state index contributed by atoms with van der Waals surface area (Å²) in [6.07, 6.45) is 11.6. The number of ether oxygens (including phenoxy) is 1. The SMILES string of the molecule is O=C1CCCCC=CC[C@H](CC(=O)N2Cc3ccccc3C[C@H]2CO)C(=O)NC2(CCCC2)CO1. The van der Waals surface area contributed by atoms with Crippen LogP contribution in [0.25, 0.3) is 0 Å². The van der Waals surface area contributed by atoms with Crippen LogP contribution in [0.4, 0.5) is 0 Å². The van der Waals surface area contributed by atoms with Crippen molar-refractivity contribution in [1.29, 1.82) is 0 Å². The van der Waals surface area contributed by atoms with Crippen molar-refractivity contribution in [2.45, 2.75) is 88.8 Å². The van der Waals surface area contributed by atoms with Crippen molar-refractivity contribution in [3.63, 3.8) is 0 Å². The van der Waals surface area contributed by atoms with Gasteiger partial charge in [0.1, 0.15) is 6.61 Å². The van der Waals surface area contributed by atoms with E-state index >= 15 is 0 Å². The molecule has 2 N–H and O–H groups in total. The second-order valence-electron chi connectivity index (χ2n) is 10.3. The number of hydrogen-bond donors (Lipinski definition) is 2. The number of aliphatic hydroxyl groups excluding tert-OH is 1. The van der Waals surface area contributed by atoms with Crippen LogP contribution in [0.3, 0.4) is 0 Å². The molecule has 2 heterocycles. The predicted molar refractivity (Wildman–Crippen MR) is 132 cm³/mol. The average Bonchev–Trinajstić information content (AvgIpc) is 3.33. The molecule has 190 valence electrons. The van der Waals surface area contributed by atoms with Crippen molar-refractivity contribution in [3.05, 3.63) is 47.5 Å². The number of allylic oxidation sites excluding steroid dienone is 2. The monoisotopic (exact) mass is 482 g/mol. The maximum absolute atomic E-state index is 13.5. The fourth-order valence-electron chi connectivity index (χ4n) is 5.57. The van der Waals surface area contributed by atoms with Gasteiger partial charge in [0.15, 0.2) is 0 Å². The molecule has 0 aromatic heterocycles. The topological polar surface area (TPSA) is 95.9 Å². The molecule has 1 fully saturated rings. The molecule has 3 aliphatic rings. The smallest absolute Gasteiger partial charge is 0.305 e. The molecule has 0 saturated heterocycles. The molecule has 7 heteroatoms. The molecule has 0 unspecified atom stereocenters. The van der Waals surface area contributed by atoms with Crippen molar-refractivity contribution >= 4 is 17.8 Å². The van der Waals surface area contributed by atoms with Crippen molar-refractivity contribution in [2.24, 2.45) is 5.92 Å². The minimum absolute atomic E-state index is 0.0880. The third-order valence-electron chi connectivity index (χ3n) is 7.73. The Morgan fingerprint density at radius 2 is 1.86 bits per heavy atom. The number of fused-ring (bicyclic) bond motifs is 1. The highest BCUT2D eigenvalue weighted by molar-refractivity contribution is 5.86. The third kappa shape index (κ3) is 6.51. The van der Waals surface area contributed by atoms with Crippen molar-refractivity contribution in [3.8, 4) is 0 Å². The van der Waals surface area contributed by atoms with Crippen LogP contribution in [0.2, 0.25) is 0 Å². The van der Waals surface area contributed by atoms with Crippen LogP contribution in [0.1, 0.15) is 75.3 Å². The zero-order chi connectivity index (χ0) is 24.7. The number of carbonyl (C=O) groups excluding carboxylic acids is 3. The van der Waals surface area contributed by atoms with E-state index in [-0.39, 0.29) is 43.5 Å². The normalized spacial score (nSPS) is 25.5. The highest BCUT2D eigenvalue weighted by Gasteiger charge is 2.39. The number of amides is 2. The van der Waals surface area contributed by atoms with Crippen LogP contribution in [-0.4, -0.2) is 52.6 Å². The zero-order valence-electron chi connectivity index (χ0n) is 20.5. The second kappa shape index (κ2) is 11.8. The van der Waals surface area contributed by atoms with Crippen molar-refractivity contribution in [1.82, 2.24) is 10.2 Å². The molecule has 35 heavy (non-hydrogen) atoms. The van der Waals surface area contributed by atoms with Crippen LogP contribution in [0, 0.1) is 5.92 Å². The van der Waals surface area contributed by atoms with Gasteiger partial charge in [0.25, 0.3) is 0 Å². The summed E-state index contributed by atoms with van der Waals surface area (Å²) >= 11 is 0. The van der Waals surface area contributed by atoms with Crippen LogP contribution in [0.15, 0.2) is 36.4 Å². The number of aliphatic hydroxyl groups is 1. The van der Waals surface area contributed by atoms with Gasteiger partial charge >= 0.3 is 5.97 Å².